The van der Waals surface area contributed by atoms with Gasteiger partial charge in [-0.25, -0.2) is 0 Å². The molecular formula is C23H17Br2O2P. The van der Waals surface area contributed by atoms with E-state index in [4.69, 9.17) is 9.15 Å². The van der Waals surface area contributed by atoms with Crippen LogP contribution < -0.4 is 10.0 Å². The fraction of sp³-hybridized carbons (Fsp3) is 0.0435. The second kappa shape index (κ2) is 8.24. The minimum atomic E-state index is 0.703. The van der Waals surface area contributed by atoms with Crippen molar-refractivity contribution in [2.45, 2.75) is 6.92 Å². The van der Waals surface area contributed by atoms with Gasteiger partial charge in [0, 0.05) is 20.1 Å². The van der Waals surface area contributed by atoms with Gasteiger partial charge < -0.3 is 9.15 Å². The van der Waals surface area contributed by atoms with E-state index in [1.807, 2.05) is 72.8 Å². The van der Waals surface area contributed by atoms with E-state index in [9.17, 15) is 0 Å². The van der Waals surface area contributed by atoms with Gasteiger partial charge in [0.2, 0.25) is 0 Å². The van der Waals surface area contributed by atoms with Crippen molar-refractivity contribution in [2.24, 2.45) is 0 Å². The van der Waals surface area contributed by atoms with E-state index in [1.54, 1.807) is 0 Å². The summed E-state index contributed by atoms with van der Waals surface area (Å²) in [7, 11) is 2.78. The van der Waals surface area contributed by atoms with Crippen LogP contribution in [0.1, 0.15) is 5.56 Å². The van der Waals surface area contributed by atoms with Crippen molar-refractivity contribution >= 4 is 46.4 Å². The van der Waals surface area contributed by atoms with Crippen LogP contribution in [0.4, 0.5) is 0 Å². The predicted molar refractivity (Wildman–Crippen MR) is 126 cm³/mol. The van der Waals surface area contributed by atoms with Crippen LogP contribution in [0.15, 0.2) is 86.2 Å². The lowest BCUT2D eigenvalue weighted by molar-refractivity contribution is 0.475. The van der Waals surface area contributed by atoms with E-state index in [0.29, 0.717) is 11.5 Å². The van der Waals surface area contributed by atoms with E-state index in [1.165, 1.54) is 5.56 Å². The van der Waals surface area contributed by atoms with Crippen LogP contribution in [-0.4, -0.2) is 0 Å². The second-order valence-corrected chi connectivity index (χ2v) is 8.84. The van der Waals surface area contributed by atoms with Crippen LogP contribution in [0.5, 0.6) is 11.5 Å². The monoisotopic (exact) mass is 514 g/mol. The van der Waals surface area contributed by atoms with Gasteiger partial charge in [-0.05, 0) is 55.5 Å². The Labute approximate surface area is 183 Å². The normalized spacial score (nSPS) is 10.9. The van der Waals surface area contributed by atoms with Gasteiger partial charge in [-0.1, -0.05) is 70.9 Å². The van der Waals surface area contributed by atoms with Crippen molar-refractivity contribution in [3.8, 4) is 34.1 Å². The molecule has 0 aliphatic rings. The predicted octanol–water partition coefficient (Wildman–Crippen LogP) is 7.74. The van der Waals surface area contributed by atoms with Gasteiger partial charge in [0.15, 0.2) is 11.5 Å². The molecule has 1 unspecified atom stereocenters. The highest BCUT2D eigenvalue weighted by Gasteiger charge is 2.22. The van der Waals surface area contributed by atoms with Gasteiger partial charge in [0.1, 0.15) is 11.5 Å². The maximum Gasteiger partial charge on any atom is 0.181 e. The molecule has 28 heavy (non-hydrogen) atoms. The standard InChI is InChI=1S/C23H17Br2O2P/c1-14-2-12-19(13-3-14)26-22-20(15-4-8-17(24)9-5-15)27-21(23(22)28)16-6-10-18(25)11-7-16/h2-13H,28H2,1H3. The first-order valence-corrected chi connectivity index (χ1v) is 10.9. The maximum atomic E-state index is 6.32. The van der Waals surface area contributed by atoms with Crippen LogP contribution in [0, 0.1) is 6.92 Å². The molecule has 5 heteroatoms. The highest BCUT2D eigenvalue weighted by Crippen LogP contribution is 2.40. The van der Waals surface area contributed by atoms with E-state index >= 15 is 0 Å². The zero-order chi connectivity index (χ0) is 19.7. The van der Waals surface area contributed by atoms with Crippen molar-refractivity contribution in [3.63, 3.8) is 0 Å². The van der Waals surface area contributed by atoms with Gasteiger partial charge >= 0.3 is 0 Å². The van der Waals surface area contributed by atoms with Crippen molar-refractivity contribution in [1.29, 1.82) is 0 Å². The van der Waals surface area contributed by atoms with Gasteiger partial charge in [0.25, 0.3) is 0 Å². The largest absolute Gasteiger partial charge is 0.453 e. The molecule has 0 aliphatic heterocycles. The highest BCUT2D eigenvalue weighted by atomic mass is 79.9. The zero-order valence-corrected chi connectivity index (χ0v) is 19.4. The number of ether oxygens (including phenoxy) is 1. The van der Waals surface area contributed by atoms with E-state index in [-0.39, 0.29) is 0 Å². The lowest BCUT2D eigenvalue weighted by atomic mass is 10.1. The average Bonchev–Trinajstić information content (AvgIpc) is 3.01. The number of aryl methyl sites for hydroxylation is 1. The molecule has 3 aromatic carbocycles. The lowest BCUT2D eigenvalue weighted by Gasteiger charge is -2.07. The fourth-order valence-corrected chi connectivity index (χ4v) is 3.81. The lowest BCUT2D eigenvalue weighted by Crippen LogP contribution is -1.97. The number of hydrogen-bond acceptors (Lipinski definition) is 2. The SMILES string of the molecule is Cc1ccc(Oc2c(-c3ccc(Br)cc3)oc(-c3ccc(Br)cc3)c2P)cc1. The Morgan fingerprint density at radius 2 is 1.21 bits per heavy atom. The molecule has 140 valence electrons. The van der Waals surface area contributed by atoms with E-state index in [0.717, 1.165) is 36.9 Å². The Morgan fingerprint density at radius 1 is 0.714 bits per heavy atom. The summed E-state index contributed by atoms with van der Waals surface area (Å²) in [5.41, 5.74) is 3.14. The third kappa shape index (κ3) is 4.10. The Kier molecular flexibility index (Phi) is 5.73. The molecule has 0 bridgehead atoms. The number of hydrogen-bond donors (Lipinski definition) is 0. The molecule has 1 aromatic heterocycles. The molecular weight excluding hydrogens is 499 g/mol. The fourth-order valence-electron chi connectivity index (χ4n) is 2.86. The first kappa shape index (κ1) is 19.4. The highest BCUT2D eigenvalue weighted by molar-refractivity contribution is 9.10. The number of rotatable bonds is 4. The molecule has 0 spiro atoms. The Balaban J connectivity index is 1.84. The smallest absolute Gasteiger partial charge is 0.181 e. The Bertz CT molecular complexity index is 1100. The molecule has 0 saturated carbocycles. The molecule has 0 saturated heterocycles. The van der Waals surface area contributed by atoms with Gasteiger partial charge in [0.05, 0.1) is 5.30 Å². The number of halogens is 2. The Hall–Kier alpha value is -1.87. The molecule has 1 heterocycles. The van der Waals surface area contributed by atoms with Crippen LogP contribution >= 0.6 is 41.1 Å². The second-order valence-electron chi connectivity index (χ2n) is 6.43. The van der Waals surface area contributed by atoms with Crippen molar-refractivity contribution < 1.29 is 9.15 Å². The molecule has 0 fully saturated rings. The first-order valence-electron chi connectivity index (χ1n) is 8.70. The molecule has 2 nitrogen and oxygen atoms in total. The third-order valence-electron chi connectivity index (χ3n) is 4.35. The average molecular weight is 516 g/mol. The summed E-state index contributed by atoms with van der Waals surface area (Å²) in [5.74, 6) is 2.96. The Morgan fingerprint density at radius 3 is 1.75 bits per heavy atom. The van der Waals surface area contributed by atoms with Crippen LogP contribution in [-0.2, 0) is 0 Å². The quantitative estimate of drug-likeness (QED) is 0.259. The summed E-state index contributed by atoms with van der Waals surface area (Å²) in [6, 6.07) is 24.1. The minimum Gasteiger partial charge on any atom is -0.453 e. The topological polar surface area (TPSA) is 22.4 Å². The van der Waals surface area contributed by atoms with Gasteiger partial charge in [-0.3, -0.25) is 0 Å². The minimum absolute atomic E-state index is 0.703. The summed E-state index contributed by atoms with van der Waals surface area (Å²) in [4.78, 5) is 0. The van der Waals surface area contributed by atoms with Crippen molar-refractivity contribution in [2.75, 3.05) is 0 Å². The molecule has 0 amide bonds. The van der Waals surface area contributed by atoms with Crippen LogP contribution in [0.3, 0.4) is 0 Å². The third-order valence-corrected chi connectivity index (χ3v) is 5.94. The molecule has 4 rings (SSSR count). The summed E-state index contributed by atoms with van der Waals surface area (Å²) < 4.78 is 14.6. The van der Waals surface area contributed by atoms with Gasteiger partial charge in [-0.2, -0.15) is 0 Å². The molecule has 0 aliphatic carbocycles. The van der Waals surface area contributed by atoms with E-state index < -0.39 is 0 Å². The molecule has 1 atom stereocenters. The van der Waals surface area contributed by atoms with Crippen LogP contribution in [0.25, 0.3) is 22.6 Å². The number of benzene rings is 3. The van der Waals surface area contributed by atoms with Gasteiger partial charge in [-0.15, -0.1) is 0 Å². The van der Waals surface area contributed by atoms with E-state index in [2.05, 4.69) is 48.0 Å². The summed E-state index contributed by atoms with van der Waals surface area (Å²) in [5, 5.41) is 0.890. The zero-order valence-electron chi connectivity index (χ0n) is 15.1. The summed E-state index contributed by atoms with van der Waals surface area (Å²) in [6.45, 7) is 2.06. The van der Waals surface area contributed by atoms with Crippen molar-refractivity contribution in [3.05, 3.63) is 87.3 Å². The maximum absolute atomic E-state index is 6.32. The summed E-state index contributed by atoms with van der Waals surface area (Å²) >= 11 is 6.97. The molecule has 4 aromatic rings. The summed E-state index contributed by atoms with van der Waals surface area (Å²) in [6.07, 6.45) is 0. The number of furan rings is 1. The first-order chi connectivity index (χ1) is 13.5. The molecule has 0 radical (unpaired) electrons. The van der Waals surface area contributed by atoms with Crippen molar-refractivity contribution in [1.82, 2.24) is 0 Å². The van der Waals surface area contributed by atoms with Crippen LogP contribution in [0.2, 0.25) is 0 Å². The molecule has 0 N–H and O–H groups in total.